The lowest BCUT2D eigenvalue weighted by atomic mass is 10.3. The quantitative estimate of drug-likeness (QED) is 0.593. The number of anilines is 1. The van der Waals surface area contributed by atoms with Gasteiger partial charge in [0.25, 0.3) is 0 Å². The van der Waals surface area contributed by atoms with Crippen LogP contribution in [0, 0.1) is 0 Å². The van der Waals surface area contributed by atoms with Crippen molar-refractivity contribution in [1.82, 2.24) is 0 Å². The van der Waals surface area contributed by atoms with Gasteiger partial charge in [-0.1, -0.05) is 12.2 Å². The standard InChI is InChI=1S/C12H16ClNO/c1-2-15-12-7-5-11(6-8-12)14-10-4-3-9-13/h3-8,14H,2,9-10H2,1H3/b4-3+. The van der Waals surface area contributed by atoms with Gasteiger partial charge in [0.05, 0.1) is 6.61 Å². The predicted octanol–water partition coefficient (Wildman–Crippen LogP) is 3.29. The average Bonchev–Trinajstić information content (AvgIpc) is 2.27. The Kier molecular flexibility index (Phi) is 5.71. The fraction of sp³-hybridized carbons (Fsp3) is 0.333. The van der Waals surface area contributed by atoms with Crippen molar-refractivity contribution in [3.05, 3.63) is 36.4 Å². The lowest BCUT2D eigenvalue weighted by Crippen LogP contribution is -1.98. The van der Waals surface area contributed by atoms with Crippen LogP contribution in [0.1, 0.15) is 6.92 Å². The van der Waals surface area contributed by atoms with Crippen molar-refractivity contribution in [3.8, 4) is 5.75 Å². The SMILES string of the molecule is CCOc1ccc(NC/C=C/CCl)cc1. The summed E-state index contributed by atoms with van der Waals surface area (Å²) >= 11 is 5.51. The molecule has 0 spiro atoms. The zero-order chi connectivity index (χ0) is 10.9. The largest absolute Gasteiger partial charge is 0.494 e. The number of rotatable bonds is 6. The molecular weight excluding hydrogens is 210 g/mol. The van der Waals surface area contributed by atoms with Crippen LogP contribution in [0.3, 0.4) is 0 Å². The second kappa shape index (κ2) is 7.18. The molecule has 1 N–H and O–H groups in total. The first-order valence-corrected chi connectivity index (χ1v) is 5.58. The molecule has 15 heavy (non-hydrogen) atoms. The first-order valence-electron chi connectivity index (χ1n) is 5.04. The number of allylic oxidation sites excluding steroid dienone is 1. The molecule has 1 rings (SSSR count). The molecule has 1 aromatic carbocycles. The van der Waals surface area contributed by atoms with E-state index in [9.17, 15) is 0 Å². The van der Waals surface area contributed by atoms with Crippen LogP contribution in [0.5, 0.6) is 5.75 Å². The molecule has 0 saturated carbocycles. The van der Waals surface area contributed by atoms with E-state index >= 15 is 0 Å². The van der Waals surface area contributed by atoms with Crippen molar-refractivity contribution in [2.24, 2.45) is 0 Å². The summed E-state index contributed by atoms with van der Waals surface area (Å²) < 4.78 is 5.34. The highest BCUT2D eigenvalue weighted by Crippen LogP contribution is 2.15. The van der Waals surface area contributed by atoms with Crippen LogP contribution in [0.2, 0.25) is 0 Å². The molecule has 0 radical (unpaired) electrons. The molecule has 0 fully saturated rings. The highest BCUT2D eigenvalue weighted by molar-refractivity contribution is 6.18. The Morgan fingerprint density at radius 1 is 1.27 bits per heavy atom. The Hall–Kier alpha value is -1.15. The second-order valence-electron chi connectivity index (χ2n) is 2.96. The maximum atomic E-state index is 5.51. The minimum Gasteiger partial charge on any atom is -0.494 e. The minimum absolute atomic E-state index is 0.560. The number of benzene rings is 1. The molecule has 0 bridgehead atoms. The fourth-order valence-electron chi connectivity index (χ4n) is 1.16. The Labute approximate surface area is 95.9 Å². The first kappa shape index (κ1) is 11.9. The zero-order valence-electron chi connectivity index (χ0n) is 8.87. The third kappa shape index (κ3) is 4.75. The van der Waals surface area contributed by atoms with Gasteiger partial charge < -0.3 is 10.1 Å². The maximum Gasteiger partial charge on any atom is 0.119 e. The molecule has 82 valence electrons. The molecule has 0 aliphatic rings. The molecule has 2 nitrogen and oxygen atoms in total. The molecule has 1 aromatic rings. The fourth-order valence-corrected chi connectivity index (χ4v) is 1.28. The van der Waals surface area contributed by atoms with E-state index in [1.54, 1.807) is 0 Å². The van der Waals surface area contributed by atoms with E-state index in [1.165, 1.54) is 0 Å². The number of hydrogen-bond acceptors (Lipinski definition) is 2. The average molecular weight is 226 g/mol. The molecule has 0 saturated heterocycles. The van der Waals surface area contributed by atoms with E-state index in [-0.39, 0.29) is 0 Å². The van der Waals surface area contributed by atoms with E-state index in [4.69, 9.17) is 16.3 Å². The van der Waals surface area contributed by atoms with Gasteiger partial charge in [-0.25, -0.2) is 0 Å². The third-order valence-electron chi connectivity index (χ3n) is 1.85. The molecule has 3 heteroatoms. The molecule has 0 aliphatic heterocycles. The smallest absolute Gasteiger partial charge is 0.119 e. The summed E-state index contributed by atoms with van der Waals surface area (Å²) in [6.07, 6.45) is 3.92. The van der Waals surface area contributed by atoms with Gasteiger partial charge in [-0.2, -0.15) is 0 Å². The number of halogens is 1. The number of alkyl halides is 1. The van der Waals surface area contributed by atoms with Gasteiger partial charge in [-0.3, -0.25) is 0 Å². The monoisotopic (exact) mass is 225 g/mol. The van der Waals surface area contributed by atoms with Crippen LogP contribution in [0.25, 0.3) is 0 Å². The highest BCUT2D eigenvalue weighted by Gasteiger charge is 1.92. The Morgan fingerprint density at radius 3 is 2.60 bits per heavy atom. The van der Waals surface area contributed by atoms with Gasteiger partial charge in [0.15, 0.2) is 0 Å². The molecule has 0 amide bonds. The molecule has 0 unspecified atom stereocenters. The molecule has 0 aliphatic carbocycles. The molecule has 0 heterocycles. The van der Waals surface area contributed by atoms with Gasteiger partial charge in [-0.15, -0.1) is 11.6 Å². The van der Waals surface area contributed by atoms with Crippen molar-refractivity contribution in [2.75, 3.05) is 24.3 Å². The normalized spacial score (nSPS) is 10.5. The van der Waals surface area contributed by atoms with Crippen LogP contribution in [0.4, 0.5) is 5.69 Å². The lowest BCUT2D eigenvalue weighted by Gasteiger charge is -2.05. The van der Waals surface area contributed by atoms with Gasteiger partial charge in [-0.05, 0) is 31.2 Å². The summed E-state index contributed by atoms with van der Waals surface area (Å²) in [5.41, 5.74) is 1.08. The van der Waals surface area contributed by atoms with E-state index in [2.05, 4.69) is 5.32 Å². The van der Waals surface area contributed by atoms with Gasteiger partial charge in [0.2, 0.25) is 0 Å². The summed E-state index contributed by atoms with van der Waals surface area (Å²) in [4.78, 5) is 0. The highest BCUT2D eigenvalue weighted by atomic mass is 35.5. The number of nitrogens with one attached hydrogen (secondary N) is 1. The van der Waals surface area contributed by atoms with Crippen molar-refractivity contribution < 1.29 is 4.74 Å². The van der Waals surface area contributed by atoms with Crippen molar-refractivity contribution in [1.29, 1.82) is 0 Å². The van der Waals surface area contributed by atoms with E-state index in [0.717, 1.165) is 18.0 Å². The summed E-state index contributed by atoms with van der Waals surface area (Å²) in [5.74, 6) is 1.46. The van der Waals surface area contributed by atoms with E-state index in [0.29, 0.717) is 12.5 Å². The first-order chi connectivity index (χ1) is 7.36. The van der Waals surface area contributed by atoms with Crippen LogP contribution in [-0.4, -0.2) is 19.0 Å². The summed E-state index contributed by atoms with van der Waals surface area (Å²) in [7, 11) is 0. The summed E-state index contributed by atoms with van der Waals surface area (Å²) in [6.45, 7) is 3.47. The Bertz CT molecular complexity index is 295. The van der Waals surface area contributed by atoms with Gasteiger partial charge >= 0.3 is 0 Å². The number of hydrogen-bond donors (Lipinski definition) is 1. The van der Waals surface area contributed by atoms with Crippen LogP contribution in [-0.2, 0) is 0 Å². The van der Waals surface area contributed by atoms with Crippen molar-refractivity contribution >= 4 is 17.3 Å². The second-order valence-corrected chi connectivity index (χ2v) is 3.27. The zero-order valence-corrected chi connectivity index (χ0v) is 9.63. The topological polar surface area (TPSA) is 21.3 Å². The maximum absolute atomic E-state index is 5.51. The van der Waals surface area contributed by atoms with E-state index in [1.807, 2.05) is 43.3 Å². The van der Waals surface area contributed by atoms with E-state index < -0.39 is 0 Å². The number of ether oxygens (including phenoxy) is 1. The van der Waals surface area contributed by atoms with Crippen LogP contribution >= 0.6 is 11.6 Å². The minimum atomic E-state index is 0.560. The molecule has 0 aromatic heterocycles. The van der Waals surface area contributed by atoms with Crippen LogP contribution < -0.4 is 10.1 Å². The third-order valence-corrected chi connectivity index (χ3v) is 2.02. The summed E-state index contributed by atoms with van der Waals surface area (Å²) in [5, 5.41) is 3.25. The Morgan fingerprint density at radius 2 is 2.00 bits per heavy atom. The Balaban J connectivity index is 2.39. The van der Waals surface area contributed by atoms with Gasteiger partial charge in [0, 0.05) is 18.1 Å². The lowest BCUT2D eigenvalue weighted by molar-refractivity contribution is 0.340. The molecule has 0 atom stereocenters. The van der Waals surface area contributed by atoms with Crippen LogP contribution in [0.15, 0.2) is 36.4 Å². The van der Waals surface area contributed by atoms with Gasteiger partial charge in [0.1, 0.15) is 5.75 Å². The summed E-state index contributed by atoms with van der Waals surface area (Å²) in [6, 6.07) is 7.91. The van der Waals surface area contributed by atoms with Crippen molar-refractivity contribution in [3.63, 3.8) is 0 Å². The predicted molar refractivity (Wildman–Crippen MR) is 66.0 cm³/mol. The molecular formula is C12H16ClNO. The van der Waals surface area contributed by atoms with Crippen molar-refractivity contribution in [2.45, 2.75) is 6.92 Å².